The van der Waals surface area contributed by atoms with E-state index in [1.54, 1.807) is 15.8 Å². The van der Waals surface area contributed by atoms with Gasteiger partial charge in [0.05, 0.1) is 11.5 Å². The molecule has 1 heterocycles. The van der Waals surface area contributed by atoms with Gasteiger partial charge in [0.2, 0.25) is 0 Å². The average molecular weight is 466 g/mol. The summed E-state index contributed by atoms with van der Waals surface area (Å²) in [6.07, 6.45) is 1.66. The Bertz CT molecular complexity index is 1110. The number of carbonyl (C=O) groups is 2. The number of hydrogen-bond donors (Lipinski definition) is 1. The normalized spacial score (nSPS) is 12.3. The number of benzene rings is 2. The minimum absolute atomic E-state index is 0.222. The molecule has 6 nitrogen and oxygen atoms in total. The highest BCUT2D eigenvalue weighted by atomic mass is 32.1. The van der Waals surface area contributed by atoms with Crippen LogP contribution >= 0.6 is 11.5 Å². The van der Waals surface area contributed by atoms with Gasteiger partial charge in [-0.1, -0.05) is 61.3 Å². The molecular formula is C26H33N4O2S+. The fourth-order valence-electron chi connectivity index (χ4n) is 3.57. The first-order valence-electron chi connectivity index (χ1n) is 11.3. The van der Waals surface area contributed by atoms with Gasteiger partial charge in [-0.25, -0.2) is 9.69 Å². The predicted molar refractivity (Wildman–Crippen MR) is 133 cm³/mol. The quantitative estimate of drug-likeness (QED) is 0.492. The molecule has 3 rings (SSSR count). The first-order valence-corrected chi connectivity index (χ1v) is 12.1. The molecule has 0 bridgehead atoms. The second-order valence-corrected chi connectivity index (χ2v) is 9.91. The molecule has 0 saturated heterocycles. The summed E-state index contributed by atoms with van der Waals surface area (Å²) in [5.74, 6) is 0.374. The van der Waals surface area contributed by atoms with Crippen LogP contribution in [-0.2, 0) is 11.2 Å². The number of carbonyl (C=O) groups excluding carboxylic acids is 2. The zero-order chi connectivity index (χ0) is 24.2. The Morgan fingerprint density at radius 2 is 1.70 bits per heavy atom. The average Bonchev–Trinajstić information content (AvgIpc) is 3.15. The van der Waals surface area contributed by atoms with Crippen LogP contribution < -0.4 is 14.2 Å². The van der Waals surface area contributed by atoms with E-state index in [9.17, 15) is 9.59 Å². The Kier molecular flexibility index (Phi) is 7.64. The number of rotatable bonds is 7. The molecule has 0 fully saturated rings. The highest BCUT2D eigenvalue weighted by Crippen LogP contribution is 2.29. The first kappa shape index (κ1) is 24.6. The third-order valence-electron chi connectivity index (χ3n) is 5.81. The molecule has 0 radical (unpaired) electrons. The summed E-state index contributed by atoms with van der Waals surface area (Å²) in [5.41, 5.74) is 2.16. The van der Waals surface area contributed by atoms with Crippen LogP contribution in [0.2, 0.25) is 0 Å². The molecule has 0 aliphatic carbocycles. The Morgan fingerprint density at radius 1 is 1.06 bits per heavy atom. The molecule has 3 aromatic rings. The van der Waals surface area contributed by atoms with Crippen LogP contribution in [0.4, 0.5) is 10.5 Å². The molecule has 0 aliphatic heterocycles. The van der Waals surface area contributed by atoms with E-state index in [2.05, 4.69) is 17.2 Å². The van der Waals surface area contributed by atoms with E-state index in [1.165, 1.54) is 11.5 Å². The molecule has 1 aromatic heterocycles. The number of aromatic nitrogens is 2. The van der Waals surface area contributed by atoms with Crippen molar-refractivity contribution in [1.82, 2.24) is 10.3 Å². The third-order valence-corrected chi connectivity index (χ3v) is 6.76. The summed E-state index contributed by atoms with van der Waals surface area (Å²) in [5, 5.41) is 3.94. The number of hydrogen-bond acceptors (Lipinski definition) is 4. The van der Waals surface area contributed by atoms with Gasteiger partial charge in [-0.15, -0.1) is 3.96 Å². The largest absolute Gasteiger partial charge is 0.459 e. The molecule has 2 aromatic carbocycles. The first-order chi connectivity index (χ1) is 15.7. The molecule has 0 spiro atoms. The summed E-state index contributed by atoms with van der Waals surface area (Å²) in [6, 6.07) is 16.1. The van der Waals surface area contributed by atoms with Gasteiger partial charge in [-0.2, -0.15) is 0 Å². The molecule has 1 N–H and O–H groups in total. The van der Waals surface area contributed by atoms with Crippen molar-refractivity contribution in [2.75, 3.05) is 4.90 Å². The van der Waals surface area contributed by atoms with E-state index in [4.69, 9.17) is 0 Å². The zero-order valence-electron chi connectivity index (χ0n) is 20.3. The van der Waals surface area contributed by atoms with Crippen molar-refractivity contribution < 1.29 is 13.5 Å². The van der Waals surface area contributed by atoms with Gasteiger partial charge < -0.3 is 5.32 Å². The van der Waals surface area contributed by atoms with E-state index in [1.807, 2.05) is 82.3 Å². The Balaban J connectivity index is 2.18. The van der Waals surface area contributed by atoms with Crippen LogP contribution in [0.3, 0.4) is 0 Å². The Morgan fingerprint density at radius 3 is 2.21 bits per heavy atom. The topological polar surface area (TPSA) is 66.2 Å². The van der Waals surface area contributed by atoms with Crippen LogP contribution in [0, 0.1) is 13.8 Å². The van der Waals surface area contributed by atoms with Crippen LogP contribution in [0.15, 0.2) is 54.6 Å². The number of aryl methyl sites for hydroxylation is 3. The van der Waals surface area contributed by atoms with Crippen LogP contribution in [0.5, 0.6) is 0 Å². The fourth-order valence-corrected chi connectivity index (χ4v) is 4.35. The maximum Gasteiger partial charge on any atom is 0.459 e. The molecule has 2 amide bonds. The number of amides is 2. The smallest absolute Gasteiger partial charge is 0.348 e. The van der Waals surface area contributed by atoms with Gasteiger partial charge in [0, 0.05) is 19.4 Å². The van der Waals surface area contributed by atoms with Gasteiger partial charge in [-0.05, 0) is 49.9 Å². The molecule has 1 atom stereocenters. The predicted octanol–water partition coefficient (Wildman–Crippen LogP) is 5.13. The molecule has 0 unspecified atom stereocenters. The van der Waals surface area contributed by atoms with Gasteiger partial charge in [-0.3, -0.25) is 4.79 Å². The van der Waals surface area contributed by atoms with E-state index >= 15 is 0 Å². The lowest BCUT2D eigenvalue weighted by Crippen LogP contribution is -2.57. The van der Waals surface area contributed by atoms with Crippen molar-refractivity contribution in [2.45, 2.75) is 66.0 Å². The summed E-state index contributed by atoms with van der Waals surface area (Å²) >= 11 is 1.28. The number of nitrogens with one attached hydrogen (secondary N) is 1. The highest BCUT2D eigenvalue weighted by molar-refractivity contribution is 7.01. The maximum atomic E-state index is 14.0. The van der Waals surface area contributed by atoms with Gasteiger partial charge in [0.15, 0.2) is 11.0 Å². The Labute approximate surface area is 200 Å². The maximum absolute atomic E-state index is 14.0. The summed E-state index contributed by atoms with van der Waals surface area (Å²) in [6.45, 7) is 11.8. The van der Waals surface area contributed by atoms with E-state index in [-0.39, 0.29) is 11.9 Å². The summed E-state index contributed by atoms with van der Waals surface area (Å²) in [4.78, 5) is 33.7. The number of nitrogens with zero attached hydrogens (tertiary/aromatic N) is 3. The minimum atomic E-state index is -0.841. The molecule has 7 heteroatoms. The lowest BCUT2D eigenvalue weighted by Gasteiger charge is -2.31. The van der Waals surface area contributed by atoms with Crippen molar-refractivity contribution in [3.63, 3.8) is 0 Å². The van der Waals surface area contributed by atoms with E-state index in [0.29, 0.717) is 11.5 Å². The SMILES string of the molecule is CCc1ccc(N(C(=O)[n+]2sc(C)nc2C)[C@H](C(=O)NC(C)(C)CC)c2ccccc2)cc1. The van der Waals surface area contributed by atoms with Crippen molar-refractivity contribution in [2.24, 2.45) is 0 Å². The van der Waals surface area contributed by atoms with Gasteiger partial charge in [0.1, 0.15) is 5.69 Å². The zero-order valence-corrected chi connectivity index (χ0v) is 21.1. The molecule has 33 heavy (non-hydrogen) atoms. The molecular weight excluding hydrogens is 432 g/mol. The van der Waals surface area contributed by atoms with Crippen LogP contribution in [-0.4, -0.2) is 22.5 Å². The lowest BCUT2D eigenvalue weighted by molar-refractivity contribution is -0.505. The second kappa shape index (κ2) is 10.3. The fraction of sp³-hybridized carbons (Fsp3) is 0.385. The number of anilines is 1. The van der Waals surface area contributed by atoms with Crippen LogP contribution in [0.25, 0.3) is 0 Å². The highest BCUT2D eigenvalue weighted by Gasteiger charge is 2.41. The summed E-state index contributed by atoms with van der Waals surface area (Å²) in [7, 11) is 0. The van der Waals surface area contributed by atoms with E-state index in [0.717, 1.165) is 29.0 Å². The van der Waals surface area contributed by atoms with E-state index < -0.39 is 11.6 Å². The summed E-state index contributed by atoms with van der Waals surface area (Å²) < 4.78 is 1.55. The van der Waals surface area contributed by atoms with Crippen molar-refractivity contribution in [3.05, 3.63) is 76.6 Å². The Hall–Kier alpha value is -3.06. The molecule has 0 aliphatic rings. The second-order valence-electron chi connectivity index (χ2n) is 8.78. The minimum Gasteiger partial charge on any atom is -0.348 e. The van der Waals surface area contributed by atoms with Crippen molar-refractivity contribution in [1.29, 1.82) is 0 Å². The van der Waals surface area contributed by atoms with Gasteiger partial charge >= 0.3 is 6.03 Å². The monoisotopic (exact) mass is 465 g/mol. The standard InChI is InChI=1S/C26H32N4O2S/c1-7-20-14-16-22(17-15-20)29(25(32)30-18(3)27-19(4)33-30)23(21-12-10-9-11-13-21)24(31)28-26(5,6)8-2/h9-17,23H,7-8H2,1-6H3/p+1/t23-/m0/s1. The molecule has 174 valence electrons. The third kappa shape index (κ3) is 5.66. The van der Waals surface area contributed by atoms with Crippen LogP contribution in [0.1, 0.15) is 62.1 Å². The lowest BCUT2D eigenvalue weighted by atomic mass is 9.98. The van der Waals surface area contributed by atoms with Crippen molar-refractivity contribution >= 4 is 29.2 Å². The van der Waals surface area contributed by atoms with Crippen molar-refractivity contribution in [3.8, 4) is 0 Å². The van der Waals surface area contributed by atoms with Gasteiger partial charge in [0.25, 0.3) is 11.7 Å². The molecule has 0 saturated carbocycles.